The van der Waals surface area contributed by atoms with Crippen LogP contribution in [-0.2, 0) is 11.3 Å². The maximum Gasteiger partial charge on any atom is 0.335 e. The van der Waals surface area contributed by atoms with Crippen molar-refractivity contribution < 1.29 is 13.9 Å². The van der Waals surface area contributed by atoms with Gasteiger partial charge in [-0.3, -0.25) is 5.10 Å². The van der Waals surface area contributed by atoms with E-state index >= 15 is 4.39 Å². The third-order valence-corrected chi connectivity index (χ3v) is 6.43. The predicted molar refractivity (Wildman–Crippen MR) is 136 cm³/mol. The van der Waals surface area contributed by atoms with Crippen LogP contribution in [0.4, 0.5) is 4.39 Å². The third-order valence-electron chi connectivity index (χ3n) is 6.19. The summed E-state index contributed by atoms with van der Waals surface area (Å²) in [6, 6.07) is 16.3. The van der Waals surface area contributed by atoms with E-state index in [0.29, 0.717) is 38.4 Å². The first-order valence-corrected chi connectivity index (χ1v) is 11.7. The number of para-hydroxylation sites is 1. The zero-order valence-electron chi connectivity index (χ0n) is 18.9. The fraction of sp³-hybridized carbons (Fsp3) is 0.143. The number of fused-ring (bicyclic) bond motifs is 1. The maximum atomic E-state index is 16.0. The molecule has 5 nitrogen and oxygen atoms in total. The molecule has 3 aromatic carbocycles. The van der Waals surface area contributed by atoms with E-state index in [1.807, 2.05) is 30.3 Å². The molecule has 0 spiro atoms. The molecular formula is C28H23ClFN3O2. The second-order valence-corrected chi connectivity index (χ2v) is 8.88. The Hall–Kier alpha value is -3.74. The van der Waals surface area contributed by atoms with Gasteiger partial charge in [0.25, 0.3) is 0 Å². The van der Waals surface area contributed by atoms with Crippen LogP contribution < -0.4 is 10.5 Å². The van der Waals surface area contributed by atoms with Crippen molar-refractivity contribution in [2.24, 2.45) is 11.7 Å². The van der Waals surface area contributed by atoms with Crippen LogP contribution in [0.3, 0.4) is 0 Å². The number of hydrogen-bond acceptors (Lipinski definition) is 4. The number of carbonyl (C=O) groups excluding carboxylic acids is 1. The summed E-state index contributed by atoms with van der Waals surface area (Å²) in [6.45, 7) is 3.77. The Morgan fingerprint density at radius 3 is 2.69 bits per heavy atom. The Morgan fingerprint density at radius 1 is 1.17 bits per heavy atom. The molecule has 1 aromatic heterocycles. The summed E-state index contributed by atoms with van der Waals surface area (Å²) in [4.78, 5) is 12.1. The van der Waals surface area contributed by atoms with Gasteiger partial charge in [0.1, 0.15) is 11.6 Å². The second-order valence-electron chi connectivity index (χ2n) is 8.45. The number of esters is 1. The Balaban J connectivity index is 1.88. The molecule has 35 heavy (non-hydrogen) atoms. The largest absolute Gasteiger partial charge is 0.423 e. The van der Waals surface area contributed by atoms with Crippen molar-refractivity contribution >= 4 is 39.6 Å². The molecule has 0 bridgehead atoms. The SMILES string of the molecule is C=CC(=O)Oc1ccccc1/C(=C(\c1ccc(Cl)cc1CN)C1CC1)c1ccc2[nH]ncc2c1F. The predicted octanol–water partition coefficient (Wildman–Crippen LogP) is 6.27. The summed E-state index contributed by atoms with van der Waals surface area (Å²) in [5.74, 6) is -0.484. The zero-order chi connectivity index (χ0) is 24.5. The van der Waals surface area contributed by atoms with Crippen molar-refractivity contribution in [1.82, 2.24) is 10.2 Å². The number of allylic oxidation sites excluding steroid dienone is 1. The van der Waals surface area contributed by atoms with Crippen molar-refractivity contribution in [1.29, 1.82) is 0 Å². The number of nitrogens with zero attached hydrogens (tertiary/aromatic N) is 1. The van der Waals surface area contributed by atoms with Gasteiger partial charge in [-0.1, -0.05) is 42.4 Å². The first kappa shape index (κ1) is 23.0. The Bertz CT molecular complexity index is 1490. The molecule has 1 aliphatic carbocycles. The van der Waals surface area contributed by atoms with Gasteiger partial charge in [0, 0.05) is 28.8 Å². The summed E-state index contributed by atoms with van der Waals surface area (Å²) >= 11 is 6.28. The van der Waals surface area contributed by atoms with Crippen molar-refractivity contribution in [3.8, 4) is 5.75 Å². The molecule has 1 aliphatic rings. The molecule has 0 unspecified atom stereocenters. The molecule has 5 rings (SSSR count). The van der Waals surface area contributed by atoms with Crippen molar-refractivity contribution in [2.45, 2.75) is 19.4 Å². The van der Waals surface area contributed by atoms with Crippen molar-refractivity contribution in [2.75, 3.05) is 0 Å². The summed E-state index contributed by atoms with van der Waals surface area (Å²) in [7, 11) is 0. The molecular weight excluding hydrogens is 465 g/mol. The molecule has 1 heterocycles. The number of ether oxygens (including phenoxy) is 1. The smallest absolute Gasteiger partial charge is 0.335 e. The fourth-order valence-electron chi connectivity index (χ4n) is 4.45. The lowest BCUT2D eigenvalue weighted by atomic mass is 9.84. The van der Waals surface area contributed by atoms with Gasteiger partial charge in [0.15, 0.2) is 0 Å². The van der Waals surface area contributed by atoms with Gasteiger partial charge < -0.3 is 10.5 Å². The highest BCUT2D eigenvalue weighted by Gasteiger charge is 2.33. The van der Waals surface area contributed by atoms with E-state index in [0.717, 1.165) is 35.6 Å². The highest BCUT2D eigenvalue weighted by atomic mass is 35.5. The lowest BCUT2D eigenvalue weighted by Crippen LogP contribution is -2.08. The van der Waals surface area contributed by atoms with E-state index in [1.165, 1.54) is 6.20 Å². The number of carbonyl (C=O) groups is 1. The van der Waals surface area contributed by atoms with Crippen LogP contribution in [0.2, 0.25) is 5.02 Å². The maximum absolute atomic E-state index is 16.0. The lowest BCUT2D eigenvalue weighted by molar-refractivity contribution is -0.128. The minimum absolute atomic E-state index is 0.194. The molecule has 0 aliphatic heterocycles. The highest BCUT2D eigenvalue weighted by molar-refractivity contribution is 6.30. The molecule has 1 saturated carbocycles. The van der Waals surface area contributed by atoms with Crippen LogP contribution in [-0.4, -0.2) is 16.2 Å². The minimum Gasteiger partial charge on any atom is -0.423 e. The van der Waals surface area contributed by atoms with E-state index in [2.05, 4.69) is 16.8 Å². The van der Waals surface area contributed by atoms with E-state index < -0.39 is 11.8 Å². The molecule has 7 heteroatoms. The van der Waals surface area contributed by atoms with Crippen LogP contribution in [0.15, 0.2) is 73.4 Å². The van der Waals surface area contributed by atoms with Gasteiger partial charge in [-0.05, 0) is 71.4 Å². The average molecular weight is 488 g/mol. The van der Waals surface area contributed by atoms with Gasteiger partial charge >= 0.3 is 5.97 Å². The van der Waals surface area contributed by atoms with Crippen LogP contribution in [0.5, 0.6) is 5.75 Å². The van der Waals surface area contributed by atoms with E-state index in [1.54, 1.807) is 24.3 Å². The van der Waals surface area contributed by atoms with Crippen LogP contribution >= 0.6 is 11.6 Å². The van der Waals surface area contributed by atoms with E-state index in [-0.39, 0.29) is 12.5 Å². The number of benzene rings is 3. The number of rotatable bonds is 7. The van der Waals surface area contributed by atoms with Crippen LogP contribution in [0.25, 0.3) is 22.0 Å². The minimum atomic E-state index is -0.593. The van der Waals surface area contributed by atoms with Gasteiger partial charge in [0.05, 0.1) is 17.1 Å². The Kier molecular flexibility index (Phi) is 6.24. The van der Waals surface area contributed by atoms with Crippen LogP contribution in [0.1, 0.15) is 35.1 Å². The molecule has 176 valence electrons. The van der Waals surface area contributed by atoms with E-state index in [9.17, 15) is 4.79 Å². The first-order valence-electron chi connectivity index (χ1n) is 11.3. The second kappa shape index (κ2) is 9.49. The number of halogens is 2. The first-order chi connectivity index (χ1) is 17.0. The number of nitrogens with one attached hydrogen (secondary N) is 1. The summed E-state index contributed by atoms with van der Waals surface area (Å²) < 4.78 is 21.6. The number of aromatic nitrogens is 2. The normalized spacial score (nSPS) is 14.0. The summed E-state index contributed by atoms with van der Waals surface area (Å²) in [6.07, 6.45) is 4.48. The van der Waals surface area contributed by atoms with Crippen molar-refractivity contribution in [3.63, 3.8) is 0 Å². The Labute approximate surface area is 207 Å². The average Bonchev–Trinajstić information content (AvgIpc) is 3.59. The molecule has 0 saturated heterocycles. The van der Waals surface area contributed by atoms with Crippen molar-refractivity contribution in [3.05, 3.63) is 107 Å². The number of nitrogens with two attached hydrogens (primary N) is 1. The van der Waals surface area contributed by atoms with Gasteiger partial charge in [-0.25, -0.2) is 9.18 Å². The number of aromatic amines is 1. The summed E-state index contributed by atoms with van der Waals surface area (Å²) in [5, 5.41) is 7.77. The molecule has 0 atom stereocenters. The number of hydrogen-bond donors (Lipinski definition) is 2. The molecule has 0 amide bonds. The quantitative estimate of drug-likeness (QED) is 0.139. The van der Waals surface area contributed by atoms with E-state index in [4.69, 9.17) is 22.1 Å². The summed E-state index contributed by atoms with van der Waals surface area (Å²) in [5.41, 5.74) is 11.1. The molecule has 0 radical (unpaired) electrons. The fourth-order valence-corrected chi connectivity index (χ4v) is 4.64. The van der Waals surface area contributed by atoms with Gasteiger partial charge in [-0.15, -0.1) is 0 Å². The lowest BCUT2D eigenvalue weighted by Gasteiger charge is -2.21. The highest BCUT2D eigenvalue weighted by Crippen LogP contribution is 2.50. The molecule has 1 fully saturated rings. The standard InChI is InChI=1S/C28H23ClFN3O2/c1-2-25(34)35-24-6-4-3-5-20(24)27(21-11-12-23-22(28(21)30)15-32-33-23)26(16-7-8-16)19-10-9-18(29)13-17(19)14-31/h2-6,9-13,15-16H,1,7-8,14,31H2,(H,32,33)/b27-26+. The zero-order valence-corrected chi connectivity index (χ0v) is 19.6. The third kappa shape index (κ3) is 4.38. The molecule has 4 aromatic rings. The Morgan fingerprint density at radius 2 is 1.94 bits per heavy atom. The van der Waals surface area contributed by atoms with Gasteiger partial charge in [-0.2, -0.15) is 5.10 Å². The topological polar surface area (TPSA) is 81.0 Å². The van der Waals surface area contributed by atoms with Crippen LogP contribution in [0, 0.1) is 11.7 Å². The molecule has 3 N–H and O–H groups in total. The number of H-pyrrole nitrogens is 1. The monoisotopic (exact) mass is 487 g/mol. The van der Waals surface area contributed by atoms with Gasteiger partial charge in [0.2, 0.25) is 0 Å².